The van der Waals surface area contributed by atoms with Crippen molar-refractivity contribution in [3.8, 4) is 5.75 Å². The maximum Gasteiger partial charge on any atom is 0.257 e. The lowest BCUT2D eigenvalue weighted by Crippen LogP contribution is -2.49. The molecule has 0 atom stereocenters. The smallest absolute Gasteiger partial charge is 0.257 e. The first kappa shape index (κ1) is 21.2. The first-order valence-electron chi connectivity index (χ1n) is 11.0. The minimum absolute atomic E-state index is 0.00332. The van der Waals surface area contributed by atoms with Crippen LogP contribution in [0.25, 0.3) is 0 Å². The number of carbonyl (C=O) groups excluding carboxylic acids is 2. The van der Waals surface area contributed by atoms with E-state index >= 15 is 0 Å². The molecule has 2 aliphatic heterocycles. The lowest BCUT2D eigenvalue weighted by Gasteiger charge is -2.36. The molecule has 2 amide bonds. The van der Waals surface area contributed by atoms with Crippen molar-refractivity contribution in [3.05, 3.63) is 53.2 Å². The molecule has 2 aromatic rings. The van der Waals surface area contributed by atoms with E-state index in [9.17, 15) is 9.59 Å². The number of piperidine rings is 1. The summed E-state index contributed by atoms with van der Waals surface area (Å²) >= 11 is 0. The molecule has 7 heteroatoms. The van der Waals surface area contributed by atoms with Crippen LogP contribution in [-0.2, 0) is 0 Å². The molecule has 0 saturated carbocycles. The average Bonchev–Trinajstić information content (AvgIpc) is 2.84. The summed E-state index contributed by atoms with van der Waals surface area (Å²) < 4.78 is 5.36. The first-order valence-corrected chi connectivity index (χ1v) is 11.0. The highest BCUT2D eigenvalue weighted by Gasteiger charge is 2.27. The third kappa shape index (κ3) is 4.50. The molecule has 0 N–H and O–H groups in total. The fourth-order valence-corrected chi connectivity index (χ4v) is 4.34. The van der Waals surface area contributed by atoms with E-state index < -0.39 is 0 Å². The van der Waals surface area contributed by atoms with Crippen LogP contribution in [0.5, 0.6) is 5.75 Å². The van der Waals surface area contributed by atoms with Crippen molar-refractivity contribution in [2.75, 3.05) is 51.3 Å². The maximum absolute atomic E-state index is 13.1. The van der Waals surface area contributed by atoms with Crippen LogP contribution in [-0.4, -0.2) is 73.0 Å². The Bertz CT molecular complexity index is 948. The van der Waals surface area contributed by atoms with Gasteiger partial charge in [-0.1, -0.05) is 6.07 Å². The minimum Gasteiger partial charge on any atom is -0.496 e. The molecular weight excluding hydrogens is 392 g/mol. The van der Waals surface area contributed by atoms with Gasteiger partial charge in [0, 0.05) is 51.0 Å². The Morgan fingerprint density at radius 1 is 0.903 bits per heavy atom. The van der Waals surface area contributed by atoms with Crippen LogP contribution < -0.4 is 9.64 Å². The van der Waals surface area contributed by atoms with E-state index in [-0.39, 0.29) is 11.8 Å². The van der Waals surface area contributed by atoms with Gasteiger partial charge >= 0.3 is 0 Å². The molecule has 2 fully saturated rings. The van der Waals surface area contributed by atoms with E-state index in [0.717, 1.165) is 43.1 Å². The zero-order chi connectivity index (χ0) is 21.8. The van der Waals surface area contributed by atoms with Crippen molar-refractivity contribution in [2.45, 2.75) is 26.2 Å². The van der Waals surface area contributed by atoms with Gasteiger partial charge in [-0.3, -0.25) is 9.59 Å². The van der Waals surface area contributed by atoms with Gasteiger partial charge in [-0.15, -0.1) is 0 Å². The second-order valence-electron chi connectivity index (χ2n) is 8.19. The Morgan fingerprint density at radius 2 is 1.61 bits per heavy atom. The molecule has 0 spiro atoms. The predicted octanol–water partition coefficient (Wildman–Crippen LogP) is 2.99. The number of ether oxygens (including phenoxy) is 1. The second-order valence-corrected chi connectivity index (χ2v) is 8.19. The fourth-order valence-electron chi connectivity index (χ4n) is 4.34. The molecule has 0 unspecified atom stereocenters. The summed E-state index contributed by atoms with van der Waals surface area (Å²) in [6, 6.07) is 9.26. The van der Waals surface area contributed by atoms with Crippen molar-refractivity contribution >= 4 is 17.6 Å². The minimum atomic E-state index is 0.00332. The Labute approximate surface area is 183 Å². The summed E-state index contributed by atoms with van der Waals surface area (Å²) in [6.45, 7) is 6.05. The highest BCUT2D eigenvalue weighted by atomic mass is 16.5. The summed E-state index contributed by atoms with van der Waals surface area (Å²) in [4.78, 5) is 36.5. The van der Waals surface area contributed by atoms with Gasteiger partial charge in [0.25, 0.3) is 11.8 Å². The van der Waals surface area contributed by atoms with Crippen LogP contribution in [0.1, 0.15) is 45.5 Å². The van der Waals surface area contributed by atoms with Gasteiger partial charge in [0.2, 0.25) is 0 Å². The van der Waals surface area contributed by atoms with E-state index in [2.05, 4.69) is 9.88 Å². The summed E-state index contributed by atoms with van der Waals surface area (Å²) in [5.41, 5.74) is 2.30. The van der Waals surface area contributed by atoms with Crippen molar-refractivity contribution in [2.24, 2.45) is 0 Å². The van der Waals surface area contributed by atoms with Gasteiger partial charge in [0.05, 0.1) is 12.7 Å². The van der Waals surface area contributed by atoms with Crippen LogP contribution in [0.2, 0.25) is 0 Å². The van der Waals surface area contributed by atoms with Crippen molar-refractivity contribution in [1.82, 2.24) is 14.8 Å². The quantitative estimate of drug-likeness (QED) is 0.758. The lowest BCUT2D eigenvalue weighted by atomic mass is 10.1. The van der Waals surface area contributed by atoms with Crippen LogP contribution in [0.4, 0.5) is 5.82 Å². The molecule has 164 valence electrons. The number of hydrogen-bond donors (Lipinski definition) is 0. The standard InChI is InChI=1S/C24H30N4O3/c1-18-8-9-19(17-21(18)31-2)23(29)28-15-13-26(14-16-28)22-20(7-6-10-25-22)24(30)27-11-4-3-5-12-27/h6-10,17H,3-5,11-16H2,1-2H3. The van der Waals surface area contributed by atoms with Gasteiger partial charge in [-0.05, 0) is 56.0 Å². The molecular formula is C24H30N4O3. The van der Waals surface area contributed by atoms with Gasteiger partial charge in [-0.25, -0.2) is 4.98 Å². The summed E-state index contributed by atoms with van der Waals surface area (Å²) in [5, 5.41) is 0. The number of piperazine rings is 1. The molecule has 0 radical (unpaired) electrons. The van der Waals surface area contributed by atoms with Crippen LogP contribution in [0.15, 0.2) is 36.5 Å². The first-order chi connectivity index (χ1) is 15.1. The highest BCUT2D eigenvalue weighted by molar-refractivity contribution is 5.99. The molecule has 31 heavy (non-hydrogen) atoms. The Balaban J connectivity index is 1.44. The number of anilines is 1. The van der Waals surface area contributed by atoms with Crippen molar-refractivity contribution in [1.29, 1.82) is 0 Å². The van der Waals surface area contributed by atoms with Crippen molar-refractivity contribution < 1.29 is 14.3 Å². The summed E-state index contributed by atoms with van der Waals surface area (Å²) in [7, 11) is 1.62. The molecule has 7 nitrogen and oxygen atoms in total. The van der Waals surface area contributed by atoms with E-state index in [1.807, 2.05) is 41.0 Å². The van der Waals surface area contributed by atoms with Gasteiger partial charge in [0.1, 0.15) is 11.6 Å². The second kappa shape index (κ2) is 9.37. The van der Waals surface area contributed by atoms with Crippen LogP contribution in [0, 0.1) is 6.92 Å². The number of aryl methyl sites for hydroxylation is 1. The monoisotopic (exact) mass is 422 g/mol. The topological polar surface area (TPSA) is 66.0 Å². The van der Waals surface area contributed by atoms with Crippen molar-refractivity contribution in [3.63, 3.8) is 0 Å². The molecule has 4 rings (SSSR count). The summed E-state index contributed by atoms with van der Waals surface area (Å²) in [5.74, 6) is 1.51. The number of hydrogen-bond acceptors (Lipinski definition) is 5. The number of nitrogens with zero attached hydrogens (tertiary/aromatic N) is 4. The number of likely N-dealkylation sites (tertiary alicyclic amines) is 1. The third-order valence-electron chi connectivity index (χ3n) is 6.18. The molecule has 2 aliphatic rings. The number of carbonyl (C=O) groups is 2. The Kier molecular flexibility index (Phi) is 6.39. The molecule has 0 aliphatic carbocycles. The maximum atomic E-state index is 13.1. The zero-order valence-electron chi connectivity index (χ0n) is 18.3. The van der Waals surface area contributed by atoms with Gasteiger partial charge in [0.15, 0.2) is 0 Å². The third-order valence-corrected chi connectivity index (χ3v) is 6.18. The number of rotatable bonds is 4. The Hall–Kier alpha value is -3.09. The van der Waals surface area contributed by atoms with Gasteiger partial charge in [-0.2, -0.15) is 0 Å². The number of pyridine rings is 1. The molecule has 1 aromatic heterocycles. The molecule has 2 saturated heterocycles. The number of amides is 2. The largest absolute Gasteiger partial charge is 0.496 e. The van der Waals surface area contributed by atoms with E-state index in [1.54, 1.807) is 19.4 Å². The van der Waals surface area contributed by atoms with E-state index in [1.165, 1.54) is 6.42 Å². The number of aromatic nitrogens is 1. The average molecular weight is 423 g/mol. The highest BCUT2D eigenvalue weighted by Crippen LogP contribution is 2.24. The lowest BCUT2D eigenvalue weighted by molar-refractivity contribution is 0.0717. The number of benzene rings is 1. The van der Waals surface area contributed by atoms with Gasteiger partial charge < -0.3 is 19.4 Å². The summed E-state index contributed by atoms with van der Waals surface area (Å²) in [6.07, 6.45) is 5.04. The van der Waals surface area contributed by atoms with Crippen LogP contribution >= 0.6 is 0 Å². The Morgan fingerprint density at radius 3 is 2.32 bits per heavy atom. The molecule has 0 bridgehead atoms. The predicted molar refractivity (Wildman–Crippen MR) is 120 cm³/mol. The van der Waals surface area contributed by atoms with Crippen LogP contribution in [0.3, 0.4) is 0 Å². The van der Waals surface area contributed by atoms with E-state index in [0.29, 0.717) is 37.3 Å². The fraction of sp³-hybridized carbons (Fsp3) is 0.458. The molecule has 3 heterocycles. The SMILES string of the molecule is COc1cc(C(=O)N2CCN(c3ncccc3C(=O)N3CCCCC3)CC2)ccc1C. The zero-order valence-corrected chi connectivity index (χ0v) is 18.3. The van der Waals surface area contributed by atoms with E-state index in [4.69, 9.17) is 4.74 Å². The number of methoxy groups -OCH3 is 1. The normalized spacial score (nSPS) is 16.9. The molecule has 1 aromatic carbocycles.